The molecule has 106 valence electrons. The average Bonchev–Trinajstić information content (AvgIpc) is 2.38. The highest BCUT2D eigenvalue weighted by Crippen LogP contribution is 2.33. The standard InChI is InChI=1S/C13H12Cl3N3O/c1-7(9-4-3-8(14)5-10(9)15)19-13-11(20-2)12(16)17-6-18-13/h3-7H,1-2H3,(H,17,18,19). The fourth-order valence-corrected chi connectivity index (χ4v) is 2.55. The van der Waals surface area contributed by atoms with Crippen molar-refractivity contribution in [2.45, 2.75) is 13.0 Å². The average molecular weight is 333 g/mol. The summed E-state index contributed by atoms with van der Waals surface area (Å²) in [5.74, 6) is 0.900. The van der Waals surface area contributed by atoms with Crippen molar-refractivity contribution in [2.75, 3.05) is 12.4 Å². The molecule has 0 saturated heterocycles. The minimum atomic E-state index is -0.0976. The molecule has 1 aromatic heterocycles. The van der Waals surface area contributed by atoms with Crippen LogP contribution >= 0.6 is 34.8 Å². The Balaban J connectivity index is 2.28. The third-order valence-electron chi connectivity index (χ3n) is 2.75. The molecule has 20 heavy (non-hydrogen) atoms. The van der Waals surface area contributed by atoms with E-state index in [0.29, 0.717) is 21.6 Å². The van der Waals surface area contributed by atoms with Crippen LogP contribution in [-0.4, -0.2) is 17.1 Å². The van der Waals surface area contributed by atoms with Crippen LogP contribution in [0.1, 0.15) is 18.5 Å². The Morgan fingerprint density at radius 2 is 1.95 bits per heavy atom. The summed E-state index contributed by atoms with van der Waals surface area (Å²) < 4.78 is 5.19. The lowest BCUT2D eigenvalue weighted by Gasteiger charge is -2.18. The van der Waals surface area contributed by atoms with Gasteiger partial charge in [-0.25, -0.2) is 9.97 Å². The molecule has 0 aliphatic carbocycles. The first-order valence-electron chi connectivity index (χ1n) is 5.79. The number of nitrogens with zero attached hydrogens (tertiary/aromatic N) is 2. The van der Waals surface area contributed by atoms with Crippen LogP contribution in [-0.2, 0) is 0 Å². The number of hydrogen-bond acceptors (Lipinski definition) is 4. The highest BCUT2D eigenvalue weighted by atomic mass is 35.5. The van der Waals surface area contributed by atoms with Gasteiger partial charge in [-0.3, -0.25) is 0 Å². The number of anilines is 1. The van der Waals surface area contributed by atoms with E-state index in [1.54, 1.807) is 12.1 Å². The van der Waals surface area contributed by atoms with Crippen LogP contribution in [0.2, 0.25) is 15.2 Å². The third-order valence-corrected chi connectivity index (χ3v) is 3.58. The maximum absolute atomic E-state index is 6.18. The summed E-state index contributed by atoms with van der Waals surface area (Å²) in [6.45, 7) is 1.95. The SMILES string of the molecule is COc1c(Cl)ncnc1NC(C)c1ccc(Cl)cc1Cl. The summed E-state index contributed by atoms with van der Waals surface area (Å²) in [6.07, 6.45) is 1.36. The molecule has 1 aromatic carbocycles. The number of methoxy groups -OCH3 is 1. The van der Waals surface area contributed by atoms with Gasteiger partial charge in [0.1, 0.15) is 6.33 Å². The molecule has 1 atom stereocenters. The van der Waals surface area contributed by atoms with Crippen LogP contribution in [0.25, 0.3) is 0 Å². The summed E-state index contributed by atoms with van der Waals surface area (Å²) in [5, 5.41) is 4.61. The molecule has 0 fully saturated rings. The second kappa shape index (κ2) is 6.48. The minimum absolute atomic E-state index is 0.0976. The van der Waals surface area contributed by atoms with Crippen LogP contribution in [0.5, 0.6) is 5.75 Å². The highest BCUT2D eigenvalue weighted by molar-refractivity contribution is 6.35. The van der Waals surface area contributed by atoms with Gasteiger partial charge in [-0.2, -0.15) is 0 Å². The lowest BCUT2D eigenvalue weighted by molar-refractivity contribution is 0.412. The predicted molar refractivity (Wildman–Crippen MR) is 82.1 cm³/mol. The molecule has 0 saturated carbocycles. The second-order valence-electron chi connectivity index (χ2n) is 4.08. The number of aromatic nitrogens is 2. The van der Waals surface area contributed by atoms with Crippen LogP contribution < -0.4 is 10.1 Å². The van der Waals surface area contributed by atoms with E-state index in [0.717, 1.165) is 5.56 Å². The van der Waals surface area contributed by atoms with Crippen molar-refractivity contribution >= 4 is 40.6 Å². The molecule has 1 unspecified atom stereocenters. The number of ether oxygens (including phenoxy) is 1. The number of hydrogen-bond donors (Lipinski definition) is 1. The van der Waals surface area contributed by atoms with Gasteiger partial charge in [0.15, 0.2) is 16.7 Å². The lowest BCUT2D eigenvalue weighted by atomic mass is 10.1. The number of nitrogens with one attached hydrogen (secondary N) is 1. The molecule has 0 aliphatic heterocycles. The first kappa shape index (κ1) is 15.2. The molecule has 0 spiro atoms. The van der Waals surface area contributed by atoms with Gasteiger partial charge < -0.3 is 10.1 Å². The fourth-order valence-electron chi connectivity index (χ4n) is 1.77. The number of halogens is 3. The Morgan fingerprint density at radius 1 is 1.20 bits per heavy atom. The number of rotatable bonds is 4. The second-order valence-corrected chi connectivity index (χ2v) is 5.28. The normalized spacial score (nSPS) is 12.1. The molecule has 2 aromatic rings. The predicted octanol–water partition coefficient (Wildman–Crippen LogP) is 4.62. The van der Waals surface area contributed by atoms with Gasteiger partial charge in [0.2, 0.25) is 0 Å². The largest absolute Gasteiger partial charge is 0.490 e. The van der Waals surface area contributed by atoms with Crippen LogP contribution in [0, 0.1) is 0 Å². The van der Waals surface area contributed by atoms with Crippen molar-refractivity contribution in [2.24, 2.45) is 0 Å². The molecule has 0 bridgehead atoms. The van der Waals surface area contributed by atoms with Gasteiger partial charge in [-0.05, 0) is 24.6 Å². The summed E-state index contributed by atoms with van der Waals surface area (Å²) >= 11 is 18.0. The van der Waals surface area contributed by atoms with E-state index in [1.807, 2.05) is 13.0 Å². The zero-order valence-corrected chi connectivity index (χ0v) is 13.1. The van der Waals surface area contributed by atoms with Gasteiger partial charge >= 0.3 is 0 Å². The maximum Gasteiger partial charge on any atom is 0.198 e. The highest BCUT2D eigenvalue weighted by Gasteiger charge is 2.15. The quantitative estimate of drug-likeness (QED) is 0.830. The van der Waals surface area contributed by atoms with Crippen LogP contribution in [0.4, 0.5) is 5.82 Å². The Kier molecular flexibility index (Phi) is 4.91. The van der Waals surface area contributed by atoms with E-state index in [9.17, 15) is 0 Å². The van der Waals surface area contributed by atoms with E-state index in [4.69, 9.17) is 39.5 Å². The van der Waals surface area contributed by atoms with E-state index in [-0.39, 0.29) is 11.2 Å². The molecular formula is C13H12Cl3N3O. The maximum atomic E-state index is 6.18. The third kappa shape index (κ3) is 3.26. The Hall–Kier alpha value is -1.23. The van der Waals surface area contributed by atoms with Crippen LogP contribution in [0.15, 0.2) is 24.5 Å². The Morgan fingerprint density at radius 3 is 2.60 bits per heavy atom. The molecule has 4 nitrogen and oxygen atoms in total. The Bertz CT molecular complexity index is 622. The van der Waals surface area contributed by atoms with Crippen molar-refractivity contribution in [1.29, 1.82) is 0 Å². The fraction of sp³-hybridized carbons (Fsp3) is 0.231. The minimum Gasteiger partial charge on any atom is -0.490 e. The molecule has 1 N–H and O–H groups in total. The Labute approximate surface area is 132 Å². The molecule has 1 heterocycles. The summed E-state index contributed by atoms with van der Waals surface area (Å²) in [4.78, 5) is 7.99. The molecule has 0 radical (unpaired) electrons. The van der Waals surface area contributed by atoms with Crippen molar-refractivity contribution in [3.8, 4) is 5.75 Å². The first-order chi connectivity index (χ1) is 9.52. The smallest absolute Gasteiger partial charge is 0.198 e. The van der Waals surface area contributed by atoms with Gasteiger partial charge in [-0.15, -0.1) is 0 Å². The van der Waals surface area contributed by atoms with Gasteiger partial charge in [0.25, 0.3) is 0 Å². The van der Waals surface area contributed by atoms with Crippen molar-refractivity contribution < 1.29 is 4.74 Å². The van der Waals surface area contributed by atoms with Gasteiger partial charge in [0.05, 0.1) is 13.2 Å². The molecular weight excluding hydrogens is 321 g/mol. The number of benzene rings is 1. The van der Waals surface area contributed by atoms with E-state index in [2.05, 4.69) is 15.3 Å². The lowest BCUT2D eigenvalue weighted by Crippen LogP contribution is -2.10. The van der Waals surface area contributed by atoms with E-state index < -0.39 is 0 Å². The van der Waals surface area contributed by atoms with Crippen molar-refractivity contribution in [3.05, 3.63) is 45.3 Å². The topological polar surface area (TPSA) is 47.0 Å². The zero-order valence-electron chi connectivity index (χ0n) is 10.8. The summed E-state index contributed by atoms with van der Waals surface area (Å²) in [6, 6.07) is 5.24. The summed E-state index contributed by atoms with van der Waals surface area (Å²) in [7, 11) is 1.51. The molecule has 0 aliphatic rings. The first-order valence-corrected chi connectivity index (χ1v) is 6.92. The zero-order chi connectivity index (χ0) is 14.7. The van der Waals surface area contributed by atoms with Gasteiger partial charge in [-0.1, -0.05) is 40.9 Å². The van der Waals surface area contributed by atoms with E-state index >= 15 is 0 Å². The van der Waals surface area contributed by atoms with Crippen molar-refractivity contribution in [1.82, 2.24) is 9.97 Å². The van der Waals surface area contributed by atoms with Gasteiger partial charge in [0, 0.05) is 10.0 Å². The molecule has 0 amide bonds. The van der Waals surface area contributed by atoms with Crippen LogP contribution in [0.3, 0.4) is 0 Å². The van der Waals surface area contributed by atoms with Crippen molar-refractivity contribution in [3.63, 3.8) is 0 Å². The molecule has 2 rings (SSSR count). The van der Waals surface area contributed by atoms with E-state index in [1.165, 1.54) is 13.4 Å². The summed E-state index contributed by atoms with van der Waals surface area (Å²) in [5.41, 5.74) is 0.896. The molecule has 7 heteroatoms. The monoisotopic (exact) mass is 331 g/mol.